The average molecular weight is 334 g/mol. The Morgan fingerprint density at radius 2 is 2.24 bits per heavy atom. The van der Waals surface area contributed by atoms with Crippen molar-refractivity contribution in [2.75, 3.05) is 37.5 Å². The van der Waals surface area contributed by atoms with Crippen LogP contribution in [0.25, 0.3) is 0 Å². The van der Waals surface area contributed by atoms with Crippen LogP contribution in [-0.4, -0.2) is 50.5 Å². The van der Waals surface area contributed by atoms with Gasteiger partial charge in [0.2, 0.25) is 10.0 Å². The molecule has 1 aromatic carbocycles. The smallest absolute Gasteiger partial charge is 0.243 e. The van der Waals surface area contributed by atoms with Crippen molar-refractivity contribution >= 4 is 27.5 Å². The van der Waals surface area contributed by atoms with Crippen LogP contribution < -0.4 is 5.73 Å². The van der Waals surface area contributed by atoms with Gasteiger partial charge in [0.15, 0.2) is 0 Å². The normalized spacial score (nSPS) is 19.3. The first-order valence-electron chi connectivity index (χ1n) is 6.59. The number of thioether (sulfide) groups is 1. The molecule has 2 N–H and O–H groups in total. The van der Waals surface area contributed by atoms with Gasteiger partial charge in [-0.3, -0.25) is 0 Å². The molecule has 5 nitrogen and oxygen atoms in total. The lowest BCUT2D eigenvalue weighted by Gasteiger charge is -2.27. The Morgan fingerprint density at radius 3 is 2.81 bits per heavy atom. The highest BCUT2D eigenvalue weighted by atomic mass is 32.2. The van der Waals surface area contributed by atoms with Crippen molar-refractivity contribution in [3.63, 3.8) is 0 Å². The molecule has 1 aliphatic heterocycles. The zero-order chi connectivity index (χ0) is 15.5. The molecule has 0 aromatic heterocycles. The van der Waals surface area contributed by atoms with Crippen molar-refractivity contribution in [1.29, 1.82) is 0 Å². The van der Waals surface area contributed by atoms with Gasteiger partial charge in [-0.05, 0) is 30.4 Å². The molecule has 1 atom stereocenters. The van der Waals surface area contributed by atoms with Crippen LogP contribution in [0.5, 0.6) is 0 Å². The Balaban J connectivity index is 2.35. The summed E-state index contributed by atoms with van der Waals surface area (Å²) >= 11 is 1.72. The molecule has 0 aliphatic carbocycles. The topological polar surface area (TPSA) is 72.6 Å². The zero-order valence-corrected chi connectivity index (χ0v) is 13.4. The van der Waals surface area contributed by atoms with Crippen LogP contribution in [0.1, 0.15) is 6.42 Å². The number of methoxy groups -OCH3 is 1. The Kier molecular flexibility index (Phi) is 5.48. The summed E-state index contributed by atoms with van der Waals surface area (Å²) in [7, 11) is -2.26. The monoisotopic (exact) mass is 334 g/mol. The second kappa shape index (κ2) is 6.95. The van der Waals surface area contributed by atoms with E-state index in [4.69, 9.17) is 10.5 Å². The molecule has 1 saturated heterocycles. The Morgan fingerprint density at radius 1 is 1.48 bits per heavy atom. The minimum absolute atomic E-state index is 0.0837. The van der Waals surface area contributed by atoms with Crippen LogP contribution in [0.15, 0.2) is 23.1 Å². The molecule has 0 spiro atoms. The second-order valence-corrected chi connectivity index (χ2v) is 7.89. The van der Waals surface area contributed by atoms with E-state index in [-0.39, 0.29) is 23.2 Å². The number of rotatable bonds is 6. The van der Waals surface area contributed by atoms with Gasteiger partial charge in [-0.1, -0.05) is 0 Å². The standard InChI is InChI=1S/C13H19FN2O3S2/c1-19-4-3-16(12-2-5-20-9-12)21(17,18)13-7-10(14)6-11(15)8-13/h6-8,12H,2-5,9,15H2,1H3. The fraction of sp³-hybridized carbons (Fsp3) is 0.538. The van der Waals surface area contributed by atoms with Gasteiger partial charge in [-0.15, -0.1) is 0 Å². The van der Waals surface area contributed by atoms with Gasteiger partial charge in [0, 0.05) is 31.1 Å². The molecule has 0 bridgehead atoms. The van der Waals surface area contributed by atoms with Crippen molar-refractivity contribution in [3.8, 4) is 0 Å². The van der Waals surface area contributed by atoms with E-state index < -0.39 is 15.8 Å². The van der Waals surface area contributed by atoms with Gasteiger partial charge >= 0.3 is 0 Å². The predicted octanol–water partition coefficient (Wildman–Crippen LogP) is 1.55. The summed E-state index contributed by atoms with van der Waals surface area (Å²) in [5, 5.41) is 0. The summed E-state index contributed by atoms with van der Waals surface area (Å²) in [6.07, 6.45) is 0.790. The third kappa shape index (κ3) is 3.88. The molecule has 1 aliphatic rings. The van der Waals surface area contributed by atoms with Crippen LogP contribution >= 0.6 is 11.8 Å². The lowest BCUT2D eigenvalue weighted by atomic mass is 10.3. The van der Waals surface area contributed by atoms with E-state index in [2.05, 4.69) is 0 Å². The van der Waals surface area contributed by atoms with Gasteiger partial charge in [0.25, 0.3) is 0 Å². The van der Waals surface area contributed by atoms with Crippen LogP contribution in [0.2, 0.25) is 0 Å². The second-order valence-electron chi connectivity index (χ2n) is 4.85. The third-order valence-corrected chi connectivity index (χ3v) is 6.40. The van der Waals surface area contributed by atoms with Crippen molar-refractivity contribution in [2.45, 2.75) is 17.4 Å². The summed E-state index contributed by atoms with van der Waals surface area (Å²) in [6.45, 7) is 0.547. The van der Waals surface area contributed by atoms with E-state index in [1.54, 1.807) is 11.8 Å². The molecular weight excluding hydrogens is 315 g/mol. The first-order valence-corrected chi connectivity index (χ1v) is 9.19. The largest absolute Gasteiger partial charge is 0.399 e. The van der Waals surface area contributed by atoms with Gasteiger partial charge in [-0.2, -0.15) is 16.1 Å². The fourth-order valence-electron chi connectivity index (χ4n) is 2.30. The molecule has 0 amide bonds. The van der Waals surface area contributed by atoms with Crippen LogP contribution in [0.4, 0.5) is 10.1 Å². The van der Waals surface area contributed by atoms with E-state index >= 15 is 0 Å². The molecule has 1 fully saturated rings. The zero-order valence-electron chi connectivity index (χ0n) is 11.8. The van der Waals surface area contributed by atoms with Crippen molar-refractivity contribution in [2.24, 2.45) is 0 Å². The molecule has 0 radical (unpaired) electrons. The molecule has 0 saturated carbocycles. The van der Waals surface area contributed by atoms with Crippen molar-refractivity contribution < 1.29 is 17.5 Å². The van der Waals surface area contributed by atoms with Crippen LogP contribution in [-0.2, 0) is 14.8 Å². The summed E-state index contributed by atoms with van der Waals surface area (Å²) in [5.74, 6) is 1.02. The Bertz CT molecular complexity index is 569. The molecule has 8 heteroatoms. The summed E-state index contributed by atoms with van der Waals surface area (Å²) in [6, 6.07) is 3.32. The highest BCUT2D eigenvalue weighted by Gasteiger charge is 2.33. The van der Waals surface area contributed by atoms with Gasteiger partial charge in [-0.25, -0.2) is 12.8 Å². The summed E-state index contributed by atoms with van der Waals surface area (Å²) < 4.78 is 45.4. The number of hydrogen-bond donors (Lipinski definition) is 1. The van der Waals surface area contributed by atoms with Crippen LogP contribution in [0.3, 0.4) is 0 Å². The number of anilines is 1. The van der Waals surface area contributed by atoms with Crippen molar-refractivity contribution in [1.82, 2.24) is 4.31 Å². The number of benzene rings is 1. The number of nitrogens with zero attached hydrogens (tertiary/aromatic N) is 1. The highest BCUT2D eigenvalue weighted by Crippen LogP contribution is 2.28. The van der Waals surface area contributed by atoms with E-state index in [1.165, 1.54) is 17.5 Å². The van der Waals surface area contributed by atoms with Gasteiger partial charge < -0.3 is 10.5 Å². The highest BCUT2D eigenvalue weighted by molar-refractivity contribution is 7.99. The number of halogens is 1. The van der Waals surface area contributed by atoms with Gasteiger partial charge in [0.05, 0.1) is 11.5 Å². The van der Waals surface area contributed by atoms with Crippen LogP contribution in [0, 0.1) is 5.82 Å². The first kappa shape index (κ1) is 16.5. The van der Waals surface area contributed by atoms with E-state index in [9.17, 15) is 12.8 Å². The minimum Gasteiger partial charge on any atom is -0.399 e. The molecule has 2 rings (SSSR count). The van der Waals surface area contributed by atoms with E-state index in [0.29, 0.717) is 6.61 Å². The molecular formula is C13H19FN2O3S2. The maximum atomic E-state index is 13.5. The number of sulfonamides is 1. The number of hydrogen-bond acceptors (Lipinski definition) is 5. The predicted molar refractivity (Wildman–Crippen MR) is 82.3 cm³/mol. The molecule has 1 aromatic rings. The third-order valence-electron chi connectivity index (χ3n) is 3.33. The Labute approximate surface area is 128 Å². The number of ether oxygens (including phenoxy) is 1. The van der Waals surface area contributed by atoms with Crippen molar-refractivity contribution in [3.05, 3.63) is 24.0 Å². The first-order chi connectivity index (χ1) is 9.95. The molecule has 1 heterocycles. The fourth-order valence-corrected chi connectivity index (χ4v) is 5.32. The molecule has 1 unspecified atom stereocenters. The Hall–Kier alpha value is -0.830. The average Bonchev–Trinajstić information content (AvgIpc) is 2.91. The van der Waals surface area contributed by atoms with Gasteiger partial charge in [0.1, 0.15) is 5.82 Å². The maximum absolute atomic E-state index is 13.5. The molecule has 21 heavy (non-hydrogen) atoms. The summed E-state index contributed by atoms with van der Waals surface area (Å²) in [4.78, 5) is -0.104. The van der Waals surface area contributed by atoms with E-state index in [1.807, 2.05) is 0 Å². The lowest BCUT2D eigenvalue weighted by Crippen LogP contribution is -2.42. The quantitative estimate of drug-likeness (QED) is 0.799. The molecule has 118 valence electrons. The maximum Gasteiger partial charge on any atom is 0.243 e. The SMILES string of the molecule is COCCN(C1CCSC1)S(=O)(=O)c1cc(N)cc(F)c1. The number of nitrogens with two attached hydrogens (primary N) is 1. The lowest BCUT2D eigenvalue weighted by molar-refractivity contribution is 0.169. The summed E-state index contributed by atoms with van der Waals surface area (Å²) in [5.41, 5.74) is 5.66. The minimum atomic E-state index is -3.78. The number of nitrogen functional groups attached to an aromatic ring is 1. The van der Waals surface area contributed by atoms with E-state index in [0.717, 1.165) is 30.1 Å².